The van der Waals surface area contributed by atoms with Crippen LogP contribution in [-0.4, -0.2) is 4.98 Å². The maximum atomic E-state index is 12.7. The normalized spacial score (nSPS) is 12.4. The highest BCUT2D eigenvalue weighted by molar-refractivity contribution is 6.08. The molecule has 3 aromatic rings. The minimum Gasteiger partial charge on any atom is -0.399 e. The van der Waals surface area contributed by atoms with Crippen molar-refractivity contribution in [3.05, 3.63) is 42.0 Å². The van der Waals surface area contributed by atoms with Gasteiger partial charge in [-0.3, -0.25) is 0 Å². The third-order valence-corrected chi connectivity index (χ3v) is 2.95. The molecule has 0 bridgehead atoms. The van der Waals surface area contributed by atoms with Crippen molar-refractivity contribution in [2.24, 2.45) is 0 Å². The van der Waals surface area contributed by atoms with Crippen molar-refractivity contribution in [2.45, 2.75) is 6.18 Å². The van der Waals surface area contributed by atoms with E-state index in [0.29, 0.717) is 22.0 Å². The van der Waals surface area contributed by atoms with Crippen LogP contribution in [0.5, 0.6) is 0 Å². The predicted molar refractivity (Wildman–Crippen MR) is 65.2 cm³/mol. The van der Waals surface area contributed by atoms with E-state index < -0.39 is 11.7 Å². The van der Waals surface area contributed by atoms with Crippen LogP contribution >= 0.6 is 0 Å². The summed E-state index contributed by atoms with van der Waals surface area (Å²) >= 11 is 0. The number of aromatic amines is 1. The summed E-state index contributed by atoms with van der Waals surface area (Å²) in [6, 6.07) is 8.80. The molecular formula is C13H9F3N2. The van der Waals surface area contributed by atoms with Crippen LogP contribution < -0.4 is 5.73 Å². The number of nitrogens with one attached hydrogen (secondary N) is 1. The highest BCUT2D eigenvalue weighted by Crippen LogP contribution is 2.34. The number of nitrogens with two attached hydrogens (primary N) is 1. The number of aromatic nitrogens is 1. The Balaban J connectivity index is 2.38. The Bertz CT molecular complexity index is 741. The van der Waals surface area contributed by atoms with Crippen molar-refractivity contribution >= 4 is 27.5 Å². The van der Waals surface area contributed by atoms with Crippen molar-refractivity contribution in [1.29, 1.82) is 0 Å². The molecule has 0 amide bonds. The molecule has 0 aliphatic carbocycles. The van der Waals surface area contributed by atoms with Gasteiger partial charge in [-0.1, -0.05) is 0 Å². The Morgan fingerprint density at radius 3 is 2.17 bits per heavy atom. The van der Waals surface area contributed by atoms with E-state index in [0.717, 1.165) is 17.6 Å². The van der Waals surface area contributed by atoms with Crippen LogP contribution in [0.2, 0.25) is 0 Å². The number of hydrogen-bond donors (Lipinski definition) is 2. The van der Waals surface area contributed by atoms with Crippen molar-refractivity contribution in [3.8, 4) is 0 Å². The monoisotopic (exact) mass is 250 g/mol. The van der Waals surface area contributed by atoms with Gasteiger partial charge in [0.25, 0.3) is 0 Å². The first-order chi connectivity index (χ1) is 8.45. The first-order valence-corrected chi connectivity index (χ1v) is 5.33. The molecule has 0 radical (unpaired) electrons. The Morgan fingerprint density at radius 2 is 1.50 bits per heavy atom. The molecule has 2 nitrogen and oxygen atoms in total. The summed E-state index contributed by atoms with van der Waals surface area (Å²) < 4.78 is 38.0. The summed E-state index contributed by atoms with van der Waals surface area (Å²) in [5.74, 6) is 0. The minimum absolute atomic E-state index is 0.529. The number of H-pyrrole nitrogens is 1. The quantitative estimate of drug-likeness (QED) is 0.583. The Hall–Kier alpha value is -2.17. The SMILES string of the molecule is Nc1ccc2[nH]c3ccc(C(F)(F)F)cc3c2c1. The smallest absolute Gasteiger partial charge is 0.399 e. The van der Waals surface area contributed by atoms with E-state index in [1.807, 2.05) is 0 Å². The highest BCUT2D eigenvalue weighted by atomic mass is 19.4. The van der Waals surface area contributed by atoms with E-state index in [1.165, 1.54) is 6.07 Å². The molecule has 0 aliphatic heterocycles. The zero-order valence-electron chi connectivity index (χ0n) is 9.18. The number of benzene rings is 2. The van der Waals surface area contributed by atoms with Crippen LogP contribution in [0, 0.1) is 0 Å². The second kappa shape index (κ2) is 3.41. The Kier molecular flexibility index (Phi) is 2.08. The summed E-state index contributed by atoms with van der Waals surface area (Å²) in [6.45, 7) is 0. The molecule has 5 heteroatoms. The number of halogens is 3. The van der Waals surface area contributed by atoms with E-state index in [4.69, 9.17) is 5.73 Å². The van der Waals surface area contributed by atoms with Crippen LogP contribution in [0.15, 0.2) is 36.4 Å². The molecule has 0 atom stereocenters. The molecule has 0 spiro atoms. The van der Waals surface area contributed by atoms with Gasteiger partial charge in [0.1, 0.15) is 0 Å². The maximum Gasteiger partial charge on any atom is 0.416 e. The molecule has 1 heterocycles. The van der Waals surface area contributed by atoms with Crippen molar-refractivity contribution in [2.75, 3.05) is 5.73 Å². The van der Waals surface area contributed by atoms with Crippen LogP contribution in [0.25, 0.3) is 21.8 Å². The fourth-order valence-electron chi connectivity index (χ4n) is 2.09. The third kappa shape index (κ3) is 1.59. The van der Waals surface area contributed by atoms with Crippen LogP contribution in [0.1, 0.15) is 5.56 Å². The third-order valence-electron chi connectivity index (χ3n) is 2.95. The van der Waals surface area contributed by atoms with Crippen LogP contribution in [0.4, 0.5) is 18.9 Å². The van der Waals surface area contributed by atoms with Gasteiger partial charge in [-0.2, -0.15) is 13.2 Å². The number of fused-ring (bicyclic) bond motifs is 3. The van der Waals surface area contributed by atoms with E-state index >= 15 is 0 Å². The number of hydrogen-bond acceptors (Lipinski definition) is 1. The highest BCUT2D eigenvalue weighted by Gasteiger charge is 2.30. The molecule has 92 valence electrons. The molecule has 2 aromatic carbocycles. The van der Waals surface area contributed by atoms with Gasteiger partial charge in [-0.15, -0.1) is 0 Å². The Labute approximate surface area is 100 Å². The van der Waals surface area contributed by atoms with Gasteiger partial charge in [0.2, 0.25) is 0 Å². The fourth-order valence-corrected chi connectivity index (χ4v) is 2.09. The lowest BCUT2D eigenvalue weighted by Crippen LogP contribution is -2.03. The van der Waals surface area contributed by atoms with Crippen molar-refractivity contribution < 1.29 is 13.2 Å². The van der Waals surface area contributed by atoms with Gasteiger partial charge in [0.15, 0.2) is 0 Å². The topological polar surface area (TPSA) is 41.8 Å². The van der Waals surface area contributed by atoms with Crippen molar-refractivity contribution in [3.63, 3.8) is 0 Å². The predicted octanol–water partition coefficient (Wildman–Crippen LogP) is 3.92. The first kappa shape index (κ1) is 11.0. The molecular weight excluding hydrogens is 241 g/mol. The average Bonchev–Trinajstić information content (AvgIpc) is 2.65. The maximum absolute atomic E-state index is 12.7. The molecule has 1 aromatic heterocycles. The second-order valence-electron chi connectivity index (χ2n) is 4.19. The summed E-state index contributed by atoms with van der Waals surface area (Å²) in [4.78, 5) is 3.06. The molecule has 18 heavy (non-hydrogen) atoms. The van der Waals surface area contributed by atoms with Gasteiger partial charge < -0.3 is 10.7 Å². The van der Waals surface area contributed by atoms with E-state index in [-0.39, 0.29) is 0 Å². The van der Waals surface area contributed by atoms with Crippen LogP contribution in [0.3, 0.4) is 0 Å². The van der Waals surface area contributed by atoms with Gasteiger partial charge in [-0.05, 0) is 36.4 Å². The summed E-state index contributed by atoms with van der Waals surface area (Å²) in [5, 5.41) is 1.24. The minimum atomic E-state index is -4.34. The van der Waals surface area contributed by atoms with E-state index in [9.17, 15) is 13.2 Å². The summed E-state index contributed by atoms with van der Waals surface area (Å²) in [7, 11) is 0. The van der Waals surface area contributed by atoms with Gasteiger partial charge in [-0.25, -0.2) is 0 Å². The van der Waals surface area contributed by atoms with Gasteiger partial charge in [0.05, 0.1) is 5.56 Å². The zero-order valence-corrected chi connectivity index (χ0v) is 9.18. The summed E-state index contributed by atoms with van der Waals surface area (Å²) in [6.07, 6.45) is -4.34. The first-order valence-electron chi connectivity index (χ1n) is 5.33. The number of rotatable bonds is 0. The fraction of sp³-hybridized carbons (Fsp3) is 0.0769. The lowest BCUT2D eigenvalue weighted by atomic mass is 10.1. The van der Waals surface area contributed by atoms with E-state index in [1.54, 1.807) is 18.2 Å². The van der Waals surface area contributed by atoms with E-state index in [2.05, 4.69) is 4.98 Å². The molecule has 0 unspecified atom stereocenters. The lowest BCUT2D eigenvalue weighted by molar-refractivity contribution is -0.137. The molecule has 0 saturated heterocycles. The Morgan fingerprint density at radius 1 is 0.889 bits per heavy atom. The second-order valence-corrected chi connectivity index (χ2v) is 4.19. The van der Waals surface area contributed by atoms with Crippen LogP contribution in [-0.2, 0) is 6.18 Å². The molecule has 0 fully saturated rings. The lowest BCUT2D eigenvalue weighted by Gasteiger charge is -2.05. The van der Waals surface area contributed by atoms with Gasteiger partial charge >= 0.3 is 6.18 Å². The van der Waals surface area contributed by atoms with Gasteiger partial charge in [0, 0.05) is 27.5 Å². The molecule has 3 rings (SSSR count). The van der Waals surface area contributed by atoms with Crippen molar-refractivity contribution in [1.82, 2.24) is 4.98 Å². The standard InChI is InChI=1S/C13H9F3N2/c14-13(15,16)7-1-3-11-9(5-7)10-6-8(17)2-4-12(10)18-11/h1-6,18H,17H2. The zero-order chi connectivity index (χ0) is 12.9. The molecule has 0 aliphatic rings. The number of alkyl halides is 3. The number of nitrogen functional groups attached to an aromatic ring is 1. The number of anilines is 1. The molecule has 3 N–H and O–H groups in total. The largest absolute Gasteiger partial charge is 0.416 e. The average molecular weight is 250 g/mol. The summed E-state index contributed by atoms with van der Waals surface area (Å²) in [5.41, 5.74) is 6.98. The molecule has 0 saturated carbocycles.